The summed E-state index contributed by atoms with van der Waals surface area (Å²) in [5, 5.41) is 2.91. The zero-order valence-electron chi connectivity index (χ0n) is 12.9. The van der Waals surface area contributed by atoms with Gasteiger partial charge in [-0.1, -0.05) is 41.9 Å². The maximum absolute atomic E-state index is 12.5. The minimum Gasteiger partial charge on any atom is -0.493 e. The van der Waals surface area contributed by atoms with Crippen LogP contribution >= 0.6 is 15.9 Å². The first-order chi connectivity index (χ1) is 10.6. The Bertz CT molecular complexity index is 638. The van der Waals surface area contributed by atoms with E-state index in [9.17, 15) is 4.79 Å². The van der Waals surface area contributed by atoms with E-state index in [4.69, 9.17) is 4.74 Å². The molecule has 0 aliphatic heterocycles. The van der Waals surface area contributed by atoms with Crippen molar-refractivity contribution < 1.29 is 9.53 Å². The first-order valence-corrected chi connectivity index (χ1v) is 8.26. The molecule has 116 valence electrons. The van der Waals surface area contributed by atoms with Crippen molar-refractivity contribution in [3.05, 3.63) is 58.1 Å². The molecule has 0 unspecified atom stereocenters. The molecule has 22 heavy (non-hydrogen) atoms. The second-order valence-corrected chi connectivity index (χ2v) is 5.91. The van der Waals surface area contributed by atoms with Crippen LogP contribution in [0.3, 0.4) is 0 Å². The molecule has 0 atom stereocenters. The van der Waals surface area contributed by atoms with Gasteiger partial charge in [0.25, 0.3) is 5.91 Å². The topological polar surface area (TPSA) is 38.3 Å². The number of anilines is 1. The van der Waals surface area contributed by atoms with Crippen LogP contribution in [-0.2, 0) is 6.42 Å². The lowest BCUT2D eigenvalue weighted by Gasteiger charge is -2.12. The number of rotatable bonds is 6. The van der Waals surface area contributed by atoms with E-state index in [-0.39, 0.29) is 5.91 Å². The second kappa shape index (κ2) is 7.99. The molecule has 0 spiro atoms. The number of hydrogen-bond acceptors (Lipinski definition) is 2. The Labute approximate surface area is 139 Å². The first kappa shape index (κ1) is 16.6. The molecule has 0 saturated carbocycles. The molecule has 4 heteroatoms. The van der Waals surface area contributed by atoms with Gasteiger partial charge in [-0.15, -0.1) is 0 Å². The van der Waals surface area contributed by atoms with Gasteiger partial charge in [0, 0.05) is 10.2 Å². The van der Waals surface area contributed by atoms with Gasteiger partial charge in [0.1, 0.15) is 5.75 Å². The van der Waals surface area contributed by atoms with Crippen LogP contribution in [0, 0.1) is 0 Å². The third-order valence-electron chi connectivity index (χ3n) is 3.27. The van der Waals surface area contributed by atoms with Gasteiger partial charge in [-0.25, -0.2) is 0 Å². The summed E-state index contributed by atoms with van der Waals surface area (Å²) in [7, 11) is 0. The molecule has 0 radical (unpaired) electrons. The van der Waals surface area contributed by atoms with E-state index in [0.717, 1.165) is 23.0 Å². The molecule has 2 rings (SSSR count). The van der Waals surface area contributed by atoms with Crippen molar-refractivity contribution in [2.75, 3.05) is 11.9 Å². The van der Waals surface area contributed by atoms with Crippen molar-refractivity contribution in [3.8, 4) is 5.75 Å². The molecule has 0 heterocycles. The molecule has 0 aliphatic carbocycles. The molecular formula is C18H20BrNO2. The van der Waals surface area contributed by atoms with E-state index in [1.807, 2.05) is 43.3 Å². The number of carbonyl (C=O) groups excluding carboxylic acids is 1. The smallest absolute Gasteiger partial charge is 0.259 e. The van der Waals surface area contributed by atoms with Gasteiger partial charge in [0.2, 0.25) is 0 Å². The molecule has 3 nitrogen and oxygen atoms in total. The molecule has 0 aliphatic rings. The molecule has 2 aromatic rings. The number of carbonyl (C=O) groups is 1. The zero-order chi connectivity index (χ0) is 15.9. The summed E-state index contributed by atoms with van der Waals surface area (Å²) in [5.41, 5.74) is 2.55. The summed E-state index contributed by atoms with van der Waals surface area (Å²) in [6.07, 6.45) is 1.88. The molecule has 2 aromatic carbocycles. The van der Waals surface area contributed by atoms with E-state index in [1.165, 1.54) is 5.56 Å². The number of ether oxygens (including phenoxy) is 1. The van der Waals surface area contributed by atoms with Crippen LogP contribution in [0.5, 0.6) is 5.75 Å². The third kappa shape index (κ3) is 4.34. The molecule has 0 fully saturated rings. The average Bonchev–Trinajstić information content (AvgIpc) is 2.54. The number of nitrogens with one attached hydrogen (secondary N) is 1. The van der Waals surface area contributed by atoms with Crippen LogP contribution in [0.25, 0.3) is 0 Å². The Morgan fingerprint density at radius 2 is 1.86 bits per heavy atom. The minimum absolute atomic E-state index is 0.170. The molecule has 1 N–H and O–H groups in total. The highest BCUT2D eigenvalue weighted by Crippen LogP contribution is 2.24. The van der Waals surface area contributed by atoms with Crippen LogP contribution in [-0.4, -0.2) is 12.5 Å². The summed E-state index contributed by atoms with van der Waals surface area (Å²) in [6.45, 7) is 4.73. The van der Waals surface area contributed by atoms with Crippen LogP contribution in [0.15, 0.2) is 46.9 Å². The maximum Gasteiger partial charge on any atom is 0.259 e. The van der Waals surface area contributed by atoms with Gasteiger partial charge in [-0.2, -0.15) is 0 Å². The van der Waals surface area contributed by atoms with Gasteiger partial charge < -0.3 is 10.1 Å². The zero-order valence-corrected chi connectivity index (χ0v) is 14.4. The van der Waals surface area contributed by atoms with Gasteiger partial charge in [-0.05, 0) is 48.7 Å². The standard InChI is InChI=1S/C18H20BrNO2/c1-3-11-22-17-10-7-14(19)12-16(17)18(21)20-15-8-5-13(4-2)6-9-15/h5-10,12H,3-4,11H2,1-2H3,(H,20,21). The Hall–Kier alpha value is -1.81. The van der Waals surface area contributed by atoms with E-state index in [1.54, 1.807) is 6.07 Å². The number of hydrogen-bond donors (Lipinski definition) is 1. The van der Waals surface area contributed by atoms with Crippen molar-refractivity contribution in [2.24, 2.45) is 0 Å². The molecule has 0 saturated heterocycles. The Balaban J connectivity index is 2.18. The normalized spacial score (nSPS) is 10.3. The van der Waals surface area contributed by atoms with Crippen molar-refractivity contribution in [2.45, 2.75) is 26.7 Å². The van der Waals surface area contributed by atoms with Crippen molar-refractivity contribution in [1.29, 1.82) is 0 Å². The summed E-state index contributed by atoms with van der Waals surface area (Å²) in [4.78, 5) is 12.5. The van der Waals surface area contributed by atoms with Crippen molar-refractivity contribution >= 4 is 27.5 Å². The SMILES string of the molecule is CCCOc1ccc(Br)cc1C(=O)Nc1ccc(CC)cc1. The van der Waals surface area contributed by atoms with Crippen LogP contribution in [0.1, 0.15) is 36.2 Å². The van der Waals surface area contributed by atoms with E-state index < -0.39 is 0 Å². The lowest BCUT2D eigenvalue weighted by Crippen LogP contribution is -2.14. The van der Waals surface area contributed by atoms with Gasteiger partial charge in [0.15, 0.2) is 0 Å². The summed E-state index contributed by atoms with van der Waals surface area (Å²) < 4.78 is 6.50. The summed E-state index contributed by atoms with van der Waals surface area (Å²) in [6, 6.07) is 13.3. The van der Waals surface area contributed by atoms with Crippen molar-refractivity contribution in [1.82, 2.24) is 0 Å². The first-order valence-electron chi connectivity index (χ1n) is 7.46. The number of amides is 1. The van der Waals surface area contributed by atoms with Gasteiger partial charge >= 0.3 is 0 Å². The van der Waals surface area contributed by atoms with Crippen LogP contribution in [0.2, 0.25) is 0 Å². The highest BCUT2D eigenvalue weighted by Gasteiger charge is 2.13. The second-order valence-electron chi connectivity index (χ2n) is 4.99. The number of aryl methyl sites for hydroxylation is 1. The molecule has 1 amide bonds. The largest absolute Gasteiger partial charge is 0.493 e. The number of benzene rings is 2. The van der Waals surface area contributed by atoms with Gasteiger partial charge in [-0.3, -0.25) is 4.79 Å². The molecule has 0 bridgehead atoms. The van der Waals surface area contributed by atoms with Crippen molar-refractivity contribution in [3.63, 3.8) is 0 Å². The summed E-state index contributed by atoms with van der Waals surface area (Å²) in [5.74, 6) is 0.435. The molecular weight excluding hydrogens is 342 g/mol. The highest BCUT2D eigenvalue weighted by molar-refractivity contribution is 9.10. The summed E-state index contributed by atoms with van der Waals surface area (Å²) >= 11 is 3.40. The lowest BCUT2D eigenvalue weighted by molar-refractivity contribution is 0.102. The Morgan fingerprint density at radius 3 is 2.50 bits per heavy atom. The highest BCUT2D eigenvalue weighted by atomic mass is 79.9. The van der Waals surface area contributed by atoms with Crippen LogP contribution in [0.4, 0.5) is 5.69 Å². The predicted octanol–water partition coefficient (Wildman–Crippen LogP) is 5.05. The third-order valence-corrected chi connectivity index (χ3v) is 3.76. The fourth-order valence-electron chi connectivity index (χ4n) is 2.04. The lowest BCUT2D eigenvalue weighted by atomic mass is 10.1. The van der Waals surface area contributed by atoms with Crippen LogP contribution < -0.4 is 10.1 Å². The average molecular weight is 362 g/mol. The maximum atomic E-state index is 12.5. The fraction of sp³-hybridized carbons (Fsp3) is 0.278. The Kier molecular flexibility index (Phi) is 6.01. The minimum atomic E-state index is -0.170. The fourth-order valence-corrected chi connectivity index (χ4v) is 2.40. The monoisotopic (exact) mass is 361 g/mol. The van der Waals surface area contributed by atoms with E-state index in [0.29, 0.717) is 17.9 Å². The van der Waals surface area contributed by atoms with E-state index >= 15 is 0 Å². The van der Waals surface area contributed by atoms with E-state index in [2.05, 4.69) is 28.2 Å². The number of halogens is 1. The Morgan fingerprint density at radius 1 is 1.14 bits per heavy atom. The quantitative estimate of drug-likeness (QED) is 0.781. The molecule has 0 aromatic heterocycles. The predicted molar refractivity (Wildman–Crippen MR) is 93.7 cm³/mol. The van der Waals surface area contributed by atoms with Gasteiger partial charge in [0.05, 0.1) is 12.2 Å².